The number of esters is 1. The Balaban J connectivity index is 3.10. The standard InChI is InChI=1S/C10H16N4O3/c1-5-17-9(15)7-6(2)13-14(4)8(7)12-10(16)11-3/h5H2,1-4H3,(H2,11,12,16). The zero-order valence-corrected chi connectivity index (χ0v) is 10.3. The maximum atomic E-state index is 11.7. The van der Waals surface area contributed by atoms with Crippen molar-refractivity contribution in [2.24, 2.45) is 7.05 Å². The molecule has 0 aliphatic carbocycles. The van der Waals surface area contributed by atoms with E-state index < -0.39 is 12.0 Å². The van der Waals surface area contributed by atoms with Gasteiger partial charge in [-0.25, -0.2) is 9.59 Å². The zero-order valence-electron chi connectivity index (χ0n) is 10.3. The number of nitrogens with zero attached hydrogens (tertiary/aromatic N) is 2. The third-order valence-corrected chi connectivity index (χ3v) is 2.16. The molecule has 0 saturated heterocycles. The molecule has 1 rings (SSSR count). The number of aryl methyl sites for hydroxylation is 2. The van der Waals surface area contributed by atoms with Crippen molar-refractivity contribution in [2.45, 2.75) is 13.8 Å². The number of amides is 2. The molecule has 0 unspecified atom stereocenters. The number of ether oxygens (including phenoxy) is 1. The van der Waals surface area contributed by atoms with Gasteiger partial charge in [0, 0.05) is 14.1 Å². The number of carbonyl (C=O) groups excluding carboxylic acids is 2. The third-order valence-electron chi connectivity index (χ3n) is 2.16. The van der Waals surface area contributed by atoms with Crippen LogP contribution >= 0.6 is 0 Å². The summed E-state index contributed by atoms with van der Waals surface area (Å²) in [6, 6.07) is -0.418. The van der Waals surface area contributed by atoms with Crippen LogP contribution in [0.2, 0.25) is 0 Å². The van der Waals surface area contributed by atoms with Gasteiger partial charge < -0.3 is 10.1 Å². The van der Waals surface area contributed by atoms with Crippen LogP contribution in [-0.2, 0) is 11.8 Å². The van der Waals surface area contributed by atoms with Gasteiger partial charge >= 0.3 is 12.0 Å². The van der Waals surface area contributed by atoms with Crippen molar-refractivity contribution >= 4 is 17.8 Å². The van der Waals surface area contributed by atoms with Crippen LogP contribution < -0.4 is 10.6 Å². The molecule has 7 nitrogen and oxygen atoms in total. The topological polar surface area (TPSA) is 85.2 Å². The highest BCUT2D eigenvalue weighted by molar-refractivity contribution is 6.00. The molecule has 0 radical (unpaired) electrons. The van der Waals surface area contributed by atoms with Crippen molar-refractivity contribution in [3.05, 3.63) is 11.3 Å². The molecule has 0 bridgehead atoms. The second-order valence-corrected chi connectivity index (χ2v) is 3.36. The average Bonchev–Trinajstić information content (AvgIpc) is 2.54. The number of rotatable bonds is 3. The molecule has 0 atom stereocenters. The summed E-state index contributed by atoms with van der Waals surface area (Å²) in [5.41, 5.74) is 0.787. The molecule has 1 aromatic rings. The summed E-state index contributed by atoms with van der Waals surface area (Å²) >= 11 is 0. The fourth-order valence-corrected chi connectivity index (χ4v) is 1.42. The molecule has 2 N–H and O–H groups in total. The monoisotopic (exact) mass is 240 g/mol. The molecular formula is C10H16N4O3. The zero-order chi connectivity index (χ0) is 13.0. The number of hydrogen-bond donors (Lipinski definition) is 2. The molecule has 17 heavy (non-hydrogen) atoms. The van der Waals surface area contributed by atoms with Crippen LogP contribution in [0.3, 0.4) is 0 Å². The van der Waals surface area contributed by atoms with E-state index in [0.29, 0.717) is 11.5 Å². The Kier molecular flexibility index (Phi) is 4.08. The summed E-state index contributed by atoms with van der Waals surface area (Å²) in [6.45, 7) is 3.67. The minimum absolute atomic E-state index is 0.270. The quantitative estimate of drug-likeness (QED) is 0.760. The maximum Gasteiger partial charge on any atom is 0.343 e. The predicted molar refractivity (Wildman–Crippen MR) is 62.0 cm³/mol. The predicted octanol–water partition coefficient (Wildman–Crippen LogP) is 0.657. The van der Waals surface area contributed by atoms with Crippen molar-refractivity contribution in [2.75, 3.05) is 19.0 Å². The lowest BCUT2D eigenvalue weighted by molar-refractivity contribution is 0.0526. The summed E-state index contributed by atoms with van der Waals surface area (Å²) in [6.07, 6.45) is 0. The van der Waals surface area contributed by atoms with Crippen LogP contribution in [0, 0.1) is 6.92 Å². The Morgan fingerprint density at radius 2 is 2.12 bits per heavy atom. The van der Waals surface area contributed by atoms with Gasteiger partial charge in [0.05, 0.1) is 12.3 Å². The van der Waals surface area contributed by atoms with Crippen LogP contribution in [0.15, 0.2) is 0 Å². The molecule has 94 valence electrons. The van der Waals surface area contributed by atoms with E-state index in [1.54, 1.807) is 20.9 Å². The first-order valence-corrected chi connectivity index (χ1v) is 5.20. The molecule has 0 aliphatic heterocycles. The van der Waals surface area contributed by atoms with Crippen molar-refractivity contribution in [3.8, 4) is 0 Å². The van der Waals surface area contributed by atoms with E-state index in [0.717, 1.165) is 0 Å². The van der Waals surface area contributed by atoms with Gasteiger partial charge in [0.25, 0.3) is 0 Å². The summed E-state index contributed by atoms with van der Waals surface area (Å²) in [7, 11) is 3.13. The van der Waals surface area contributed by atoms with Crippen molar-refractivity contribution in [1.29, 1.82) is 0 Å². The third kappa shape index (κ3) is 2.74. The Morgan fingerprint density at radius 1 is 1.47 bits per heavy atom. The summed E-state index contributed by atoms with van der Waals surface area (Å²) in [5.74, 6) is -0.176. The van der Waals surface area contributed by atoms with Crippen LogP contribution in [0.4, 0.5) is 10.6 Å². The highest BCUT2D eigenvalue weighted by Gasteiger charge is 2.22. The number of urea groups is 1. The molecule has 7 heteroatoms. The Bertz CT molecular complexity index is 439. The molecule has 0 spiro atoms. The van der Waals surface area contributed by atoms with E-state index in [1.165, 1.54) is 11.7 Å². The van der Waals surface area contributed by atoms with E-state index in [9.17, 15) is 9.59 Å². The number of hydrogen-bond acceptors (Lipinski definition) is 4. The van der Waals surface area contributed by atoms with Crippen LogP contribution in [0.1, 0.15) is 23.0 Å². The molecule has 1 heterocycles. The Hall–Kier alpha value is -2.05. The van der Waals surface area contributed by atoms with Gasteiger partial charge in [-0.15, -0.1) is 0 Å². The summed E-state index contributed by atoms with van der Waals surface area (Å²) < 4.78 is 6.34. The Morgan fingerprint density at radius 3 is 2.65 bits per heavy atom. The summed E-state index contributed by atoms with van der Waals surface area (Å²) in [5, 5.41) is 9.02. The highest BCUT2D eigenvalue weighted by Crippen LogP contribution is 2.19. The van der Waals surface area contributed by atoms with Crippen LogP contribution in [0.5, 0.6) is 0 Å². The van der Waals surface area contributed by atoms with E-state index in [-0.39, 0.29) is 12.2 Å². The number of anilines is 1. The van der Waals surface area contributed by atoms with Crippen molar-refractivity contribution in [3.63, 3.8) is 0 Å². The molecule has 0 aliphatic rings. The van der Waals surface area contributed by atoms with Gasteiger partial charge in [-0.1, -0.05) is 0 Å². The molecule has 1 aromatic heterocycles. The van der Waals surface area contributed by atoms with Crippen molar-refractivity contribution < 1.29 is 14.3 Å². The van der Waals surface area contributed by atoms with Crippen molar-refractivity contribution in [1.82, 2.24) is 15.1 Å². The van der Waals surface area contributed by atoms with E-state index in [1.807, 2.05) is 0 Å². The van der Waals surface area contributed by atoms with Crippen LogP contribution in [0.25, 0.3) is 0 Å². The molecule has 0 saturated carbocycles. The molecule has 0 aromatic carbocycles. The van der Waals surface area contributed by atoms with Gasteiger partial charge in [0.15, 0.2) is 0 Å². The number of nitrogens with one attached hydrogen (secondary N) is 2. The lowest BCUT2D eigenvalue weighted by atomic mass is 10.2. The van der Waals surface area contributed by atoms with Gasteiger partial charge in [-0.3, -0.25) is 10.00 Å². The average molecular weight is 240 g/mol. The van der Waals surface area contributed by atoms with Crippen LogP contribution in [-0.4, -0.2) is 35.4 Å². The van der Waals surface area contributed by atoms with Gasteiger partial charge in [-0.2, -0.15) is 5.10 Å². The maximum absolute atomic E-state index is 11.7. The second kappa shape index (κ2) is 5.33. The number of aromatic nitrogens is 2. The number of carbonyl (C=O) groups is 2. The SMILES string of the molecule is CCOC(=O)c1c(C)nn(C)c1NC(=O)NC. The molecular weight excluding hydrogens is 224 g/mol. The Labute approximate surface area is 99.1 Å². The minimum Gasteiger partial charge on any atom is -0.462 e. The summed E-state index contributed by atoms with van der Waals surface area (Å²) in [4.78, 5) is 23.0. The first kappa shape index (κ1) is 13.0. The molecule has 2 amide bonds. The second-order valence-electron chi connectivity index (χ2n) is 3.36. The van der Waals surface area contributed by atoms with E-state index >= 15 is 0 Å². The van der Waals surface area contributed by atoms with E-state index in [4.69, 9.17) is 4.74 Å². The lowest BCUT2D eigenvalue weighted by Crippen LogP contribution is -2.26. The fraction of sp³-hybridized carbons (Fsp3) is 0.500. The van der Waals surface area contributed by atoms with Gasteiger partial charge in [-0.05, 0) is 13.8 Å². The first-order chi connectivity index (χ1) is 8.01. The smallest absolute Gasteiger partial charge is 0.343 e. The normalized spacial score (nSPS) is 9.88. The van der Waals surface area contributed by atoms with E-state index in [2.05, 4.69) is 15.7 Å². The largest absolute Gasteiger partial charge is 0.462 e. The minimum atomic E-state index is -0.496. The molecule has 0 fully saturated rings. The lowest BCUT2D eigenvalue weighted by Gasteiger charge is -2.07. The van der Waals surface area contributed by atoms with Gasteiger partial charge in [0.2, 0.25) is 0 Å². The first-order valence-electron chi connectivity index (χ1n) is 5.20. The van der Waals surface area contributed by atoms with Gasteiger partial charge in [0.1, 0.15) is 11.4 Å². The fourth-order valence-electron chi connectivity index (χ4n) is 1.42. The highest BCUT2D eigenvalue weighted by atomic mass is 16.5.